The zero-order valence-corrected chi connectivity index (χ0v) is 12.6. The summed E-state index contributed by atoms with van der Waals surface area (Å²) in [6.45, 7) is 1.14. The largest absolute Gasteiger partial charge is 0.481 e. The van der Waals surface area contributed by atoms with Gasteiger partial charge in [-0.25, -0.2) is 0 Å². The number of nitrogens with zero attached hydrogens (tertiary/aromatic N) is 4. The molecule has 0 saturated carbocycles. The number of aryl methyl sites for hydroxylation is 1. The van der Waals surface area contributed by atoms with E-state index in [-0.39, 0.29) is 24.8 Å². The van der Waals surface area contributed by atoms with E-state index in [0.29, 0.717) is 13.1 Å². The molecule has 0 unspecified atom stereocenters. The predicted molar refractivity (Wildman–Crippen MR) is 81.5 cm³/mol. The second-order valence-corrected chi connectivity index (χ2v) is 5.68. The third kappa shape index (κ3) is 3.39. The SMILES string of the molecule is O=C(O)[C@@H]1CN(C(=O)CCn2ccnn2)C[C@H]1c1ccccc1. The lowest BCUT2D eigenvalue weighted by Gasteiger charge is -2.16. The fourth-order valence-electron chi connectivity index (χ4n) is 3.02. The molecule has 120 valence electrons. The topological polar surface area (TPSA) is 88.3 Å². The molecule has 0 radical (unpaired) electrons. The second-order valence-electron chi connectivity index (χ2n) is 5.68. The van der Waals surface area contributed by atoms with E-state index in [1.807, 2.05) is 30.3 Å². The summed E-state index contributed by atoms with van der Waals surface area (Å²) in [4.78, 5) is 25.5. The van der Waals surface area contributed by atoms with Crippen LogP contribution in [0.3, 0.4) is 0 Å². The molecule has 3 rings (SSSR count). The molecular formula is C16H18N4O3. The van der Waals surface area contributed by atoms with Gasteiger partial charge >= 0.3 is 5.97 Å². The van der Waals surface area contributed by atoms with E-state index < -0.39 is 11.9 Å². The van der Waals surface area contributed by atoms with Gasteiger partial charge in [-0.05, 0) is 5.56 Å². The molecule has 2 aromatic rings. The Labute approximate surface area is 133 Å². The van der Waals surface area contributed by atoms with E-state index in [0.717, 1.165) is 5.56 Å². The van der Waals surface area contributed by atoms with Crippen LogP contribution >= 0.6 is 0 Å². The van der Waals surface area contributed by atoms with Crippen LogP contribution in [0.25, 0.3) is 0 Å². The van der Waals surface area contributed by atoms with Gasteiger partial charge < -0.3 is 10.0 Å². The van der Waals surface area contributed by atoms with Crippen LogP contribution in [0.4, 0.5) is 0 Å². The van der Waals surface area contributed by atoms with Gasteiger partial charge in [-0.15, -0.1) is 5.10 Å². The molecule has 0 bridgehead atoms. The quantitative estimate of drug-likeness (QED) is 0.889. The lowest BCUT2D eigenvalue weighted by atomic mass is 9.89. The van der Waals surface area contributed by atoms with Crippen molar-refractivity contribution in [2.45, 2.75) is 18.9 Å². The summed E-state index contributed by atoms with van der Waals surface area (Å²) in [6, 6.07) is 9.52. The van der Waals surface area contributed by atoms with Crippen LogP contribution in [-0.4, -0.2) is 50.0 Å². The molecule has 1 saturated heterocycles. The first kappa shape index (κ1) is 15.2. The van der Waals surface area contributed by atoms with E-state index >= 15 is 0 Å². The van der Waals surface area contributed by atoms with Crippen molar-refractivity contribution in [3.63, 3.8) is 0 Å². The number of aromatic nitrogens is 3. The van der Waals surface area contributed by atoms with Crippen molar-refractivity contribution >= 4 is 11.9 Å². The number of aliphatic carboxylic acids is 1. The molecule has 7 nitrogen and oxygen atoms in total. The van der Waals surface area contributed by atoms with E-state index in [4.69, 9.17) is 0 Å². The summed E-state index contributed by atoms with van der Waals surface area (Å²) in [5, 5.41) is 17.0. The molecular weight excluding hydrogens is 296 g/mol. The Balaban J connectivity index is 1.67. The zero-order chi connectivity index (χ0) is 16.2. The number of benzene rings is 1. The third-order valence-corrected chi connectivity index (χ3v) is 4.24. The van der Waals surface area contributed by atoms with Crippen LogP contribution in [0.2, 0.25) is 0 Å². The third-order valence-electron chi connectivity index (χ3n) is 4.24. The molecule has 1 aromatic heterocycles. The average Bonchev–Trinajstić information content (AvgIpc) is 3.23. The van der Waals surface area contributed by atoms with Crippen molar-refractivity contribution in [1.82, 2.24) is 19.9 Å². The summed E-state index contributed by atoms with van der Waals surface area (Å²) < 4.78 is 1.59. The number of carboxylic acids is 1. The Morgan fingerprint density at radius 2 is 2.00 bits per heavy atom. The monoisotopic (exact) mass is 314 g/mol. The minimum atomic E-state index is -0.856. The van der Waals surface area contributed by atoms with Crippen LogP contribution in [-0.2, 0) is 16.1 Å². The lowest BCUT2D eigenvalue weighted by molar-refractivity contribution is -0.141. The maximum absolute atomic E-state index is 12.4. The fourth-order valence-corrected chi connectivity index (χ4v) is 3.02. The van der Waals surface area contributed by atoms with Gasteiger partial charge in [0.15, 0.2) is 0 Å². The summed E-state index contributed by atoms with van der Waals surface area (Å²) >= 11 is 0. The standard InChI is InChI=1S/C16H18N4O3/c21-15(6-8-20-9-7-17-18-20)19-10-13(14(11-19)16(22)23)12-4-2-1-3-5-12/h1-5,7,9,13-14H,6,8,10-11H2,(H,22,23)/t13-,14+/m0/s1. The highest BCUT2D eigenvalue weighted by Gasteiger charge is 2.40. The smallest absolute Gasteiger partial charge is 0.308 e. The van der Waals surface area contributed by atoms with Crippen LogP contribution < -0.4 is 0 Å². The first-order valence-corrected chi connectivity index (χ1v) is 7.55. The van der Waals surface area contributed by atoms with Gasteiger partial charge in [0, 0.05) is 31.6 Å². The van der Waals surface area contributed by atoms with Crippen LogP contribution in [0, 0.1) is 5.92 Å². The van der Waals surface area contributed by atoms with E-state index in [9.17, 15) is 14.7 Å². The highest BCUT2D eigenvalue weighted by Crippen LogP contribution is 2.33. The van der Waals surface area contributed by atoms with Gasteiger partial charge in [0.05, 0.1) is 18.7 Å². The summed E-state index contributed by atoms with van der Waals surface area (Å²) in [5.74, 6) is -1.63. The second kappa shape index (κ2) is 6.60. The van der Waals surface area contributed by atoms with E-state index in [1.165, 1.54) is 0 Å². The normalized spacial score (nSPS) is 20.6. The first-order valence-electron chi connectivity index (χ1n) is 7.55. The fraction of sp³-hybridized carbons (Fsp3) is 0.375. The van der Waals surface area contributed by atoms with Crippen molar-refractivity contribution in [3.8, 4) is 0 Å². The first-order chi connectivity index (χ1) is 11.1. The van der Waals surface area contributed by atoms with Crippen molar-refractivity contribution in [1.29, 1.82) is 0 Å². The van der Waals surface area contributed by atoms with Crippen LogP contribution in [0.15, 0.2) is 42.7 Å². The molecule has 2 heterocycles. The van der Waals surface area contributed by atoms with Crippen molar-refractivity contribution in [3.05, 3.63) is 48.3 Å². The molecule has 1 aromatic carbocycles. The number of carbonyl (C=O) groups is 2. The van der Waals surface area contributed by atoms with Gasteiger partial charge in [-0.2, -0.15) is 0 Å². The molecule has 7 heteroatoms. The zero-order valence-electron chi connectivity index (χ0n) is 12.6. The Hall–Kier alpha value is -2.70. The Kier molecular flexibility index (Phi) is 4.36. The molecule has 1 aliphatic heterocycles. The highest BCUT2D eigenvalue weighted by atomic mass is 16.4. The molecule has 1 fully saturated rings. The van der Waals surface area contributed by atoms with Gasteiger partial charge in [-0.1, -0.05) is 35.5 Å². The Morgan fingerprint density at radius 3 is 2.65 bits per heavy atom. The van der Waals surface area contributed by atoms with Crippen molar-refractivity contribution in [2.75, 3.05) is 13.1 Å². The average molecular weight is 314 g/mol. The number of likely N-dealkylation sites (tertiary alicyclic amines) is 1. The number of hydrogen-bond donors (Lipinski definition) is 1. The molecule has 1 amide bonds. The number of rotatable bonds is 5. The molecule has 1 aliphatic rings. The van der Waals surface area contributed by atoms with Gasteiger partial charge in [-0.3, -0.25) is 14.3 Å². The van der Waals surface area contributed by atoms with Gasteiger partial charge in [0.1, 0.15) is 0 Å². The van der Waals surface area contributed by atoms with E-state index in [1.54, 1.807) is 22.0 Å². The summed E-state index contributed by atoms with van der Waals surface area (Å²) in [7, 11) is 0. The maximum atomic E-state index is 12.4. The Bertz CT molecular complexity index is 672. The minimum Gasteiger partial charge on any atom is -0.481 e. The van der Waals surface area contributed by atoms with Crippen LogP contribution in [0.1, 0.15) is 17.9 Å². The van der Waals surface area contributed by atoms with Crippen LogP contribution in [0.5, 0.6) is 0 Å². The lowest BCUT2D eigenvalue weighted by Crippen LogP contribution is -2.30. The number of amides is 1. The maximum Gasteiger partial charge on any atom is 0.308 e. The van der Waals surface area contributed by atoms with Gasteiger partial charge in [0.25, 0.3) is 0 Å². The van der Waals surface area contributed by atoms with Gasteiger partial charge in [0.2, 0.25) is 5.91 Å². The van der Waals surface area contributed by atoms with E-state index in [2.05, 4.69) is 10.3 Å². The molecule has 2 atom stereocenters. The number of hydrogen-bond acceptors (Lipinski definition) is 4. The minimum absolute atomic E-state index is 0.0508. The summed E-state index contributed by atoms with van der Waals surface area (Å²) in [6.07, 6.45) is 3.55. The molecule has 23 heavy (non-hydrogen) atoms. The number of carboxylic acid groups (broad SMARTS) is 1. The van der Waals surface area contributed by atoms with Crippen molar-refractivity contribution < 1.29 is 14.7 Å². The highest BCUT2D eigenvalue weighted by molar-refractivity contribution is 5.79. The Morgan fingerprint density at radius 1 is 1.22 bits per heavy atom. The summed E-state index contributed by atoms with van der Waals surface area (Å²) in [5.41, 5.74) is 0.964. The predicted octanol–water partition coefficient (Wildman–Crippen LogP) is 0.995. The molecule has 0 aliphatic carbocycles. The number of carbonyl (C=O) groups excluding carboxylic acids is 1. The van der Waals surface area contributed by atoms with Crippen molar-refractivity contribution in [2.24, 2.45) is 5.92 Å². The molecule has 0 spiro atoms. The molecule has 1 N–H and O–H groups in total.